The Balaban J connectivity index is 1.26. The first-order valence-corrected chi connectivity index (χ1v) is 12.6. The molecule has 2 aliphatic rings. The highest BCUT2D eigenvalue weighted by Crippen LogP contribution is 2.34. The van der Waals surface area contributed by atoms with Gasteiger partial charge in [-0.2, -0.15) is 10.2 Å². The highest BCUT2D eigenvalue weighted by Gasteiger charge is 2.32. The molecule has 37 heavy (non-hydrogen) atoms. The molecule has 0 bridgehead atoms. The van der Waals surface area contributed by atoms with Crippen LogP contribution in [0.15, 0.2) is 59.1 Å². The average Bonchev–Trinajstić information content (AvgIpc) is 3.58. The summed E-state index contributed by atoms with van der Waals surface area (Å²) in [6.45, 7) is 1.82. The molecular formula is C29H26N4O4. The number of nitriles is 1. The summed E-state index contributed by atoms with van der Waals surface area (Å²) in [6.07, 6.45) is 4.53. The van der Waals surface area contributed by atoms with Gasteiger partial charge in [0, 0.05) is 30.8 Å². The fourth-order valence-corrected chi connectivity index (χ4v) is 5.28. The molecule has 0 atom stereocenters. The second kappa shape index (κ2) is 9.68. The highest BCUT2D eigenvalue weighted by atomic mass is 16.5. The Labute approximate surface area is 214 Å². The molecule has 2 heterocycles. The Bertz CT molecular complexity index is 1510. The van der Waals surface area contributed by atoms with Crippen molar-refractivity contribution < 1.29 is 19.2 Å². The highest BCUT2D eigenvalue weighted by molar-refractivity contribution is 5.97. The van der Waals surface area contributed by atoms with Crippen LogP contribution >= 0.6 is 0 Å². The minimum Gasteiger partial charge on any atom is -0.489 e. The van der Waals surface area contributed by atoms with Gasteiger partial charge in [-0.25, -0.2) is 0 Å². The molecule has 1 aromatic heterocycles. The Kier molecular flexibility index (Phi) is 6.07. The van der Waals surface area contributed by atoms with Crippen LogP contribution in [-0.2, 0) is 11.3 Å². The van der Waals surface area contributed by atoms with Crippen LogP contribution in [0.25, 0.3) is 33.6 Å². The Morgan fingerprint density at radius 1 is 1.11 bits per heavy atom. The summed E-state index contributed by atoms with van der Waals surface area (Å²) < 4.78 is 11.7. The quantitative estimate of drug-likeness (QED) is 0.370. The summed E-state index contributed by atoms with van der Waals surface area (Å²) in [7, 11) is 0. The van der Waals surface area contributed by atoms with Crippen molar-refractivity contribution >= 4 is 16.7 Å². The third-order valence-electron chi connectivity index (χ3n) is 7.32. The molecule has 1 saturated heterocycles. The van der Waals surface area contributed by atoms with Gasteiger partial charge in [0.05, 0.1) is 17.6 Å². The van der Waals surface area contributed by atoms with Gasteiger partial charge in [0.2, 0.25) is 5.82 Å². The molecule has 0 radical (unpaired) electrons. The summed E-state index contributed by atoms with van der Waals surface area (Å²) in [6, 6.07) is 19.7. The van der Waals surface area contributed by atoms with E-state index in [0.717, 1.165) is 47.6 Å². The van der Waals surface area contributed by atoms with Crippen molar-refractivity contribution in [3.05, 3.63) is 65.7 Å². The van der Waals surface area contributed by atoms with Crippen LogP contribution in [0, 0.1) is 17.2 Å². The minimum atomic E-state index is -0.734. The molecule has 1 N–H and O–H groups in total. The van der Waals surface area contributed by atoms with E-state index >= 15 is 0 Å². The largest absolute Gasteiger partial charge is 0.489 e. The van der Waals surface area contributed by atoms with E-state index in [-0.39, 0.29) is 12.0 Å². The summed E-state index contributed by atoms with van der Waals surface area (Å²) in [5.74, 6) is 0.386. The van der Waals surface area contributed by atoms with Crippen molar-refractivity contribution in [2.45, 2.75) is 38.3 Å². The number of hydrogen-bond acceptors (Lipinski definition) is 7. The lowest BCUT2D eigenvalue weighted by Gasteiger charge is -2.36. The summed E-state index contributed by atoms with van der Waals surface area (Å²) in [5, 5.41) is 25.2. The summed E-state index contributed by atoms with van der Waals surface area (Å²) >= 11 is 0. The van der Waals surface area contributed by atoms with Gasteiger partial charge in [-0.3, -0.25) is 9.69 Å². The molecule has 8 heteroatoms. The molecule has 0 amide bonds. The zero-order chi connectivity index (χ0) is 25.4. The maximum Gasteiger partial charge on any atom is 0.309 e. The zero-order valence-electron chi connectivity index (χ0n) is 20.3. The van der Waals surface area contributed by atoms with E-state index in [4.69, 9.17) is 14.4 Å². The van der Waals surface area contributed by atoms with Gasteiger partial charge >= 0.3 is 5.97 Å². The molecule has 3 aromatic carbocycles. The molecule has 1 aliphatic carbocycles. The molecule has 8 nitrogen and oxygen atoms in total. The number of aromatic nitrogens is 2. The molecule has 1 aliphatic heterocycles. The number of ether oxygens (including phenoxy) is 1. The van der Waals surface area contributed by atoms with Crippen molar-refractivity contribution in [2.24, 2.45) is 5.92 Å². The predicted molar refractivity (Wildman–Crippen MR) is 137 cm³/mol. The van der Waals surface area contributed by atoms with Gasteiger partial charge < -0.3 is 14.4 Å². The summed E-state index contributed by atoms with van der Waals surface area (Å²) in [4.78, 5) is 17.9. The molecule has 186 valence electrons. The van der Waals surface area contributed by atoms with Crippen molar-refractivity contribution in [2.75, 3.05) is 13.1 Å². The van der Waals surface area contributed by atoms with Gasteiger partial charge in [0.15, 0.2) is 0 Å². The van der Waals surface area contributed by atoms with E-state index in [0.29, 0.717) is 48.2 Å². The topological polar surface area (TPSA) is 112 Å². The molecule has 0 spiro atoms. The number of hydrogen-bond donors (Lipinski definition) is 1. The second-order valence-corrected chi connectivity index (χ2v) is 9.82. The van der Waals surface area contributed by atoms with Crippen LogP contribution in [0.4, 0.5) is 0 Å². The lowest BCUT2D eigenvalue weighted by atomic mass is 9.95. The van der Waals surface area contributed by atoms with Crippen LogP contribution in [0.1, 0.15) is 36.8 Å². The Morgan fingerprint density at radius 3 is 2.65 bits per heavy atom. The number of aliphatic carboxylic acids is 1. The molecular weight excluding hydrogens is 468 g/mol. The average molecular weight is 495 g/mol. The maximum atomic E-state index is 11.1. The number of likely N-dealkylation sites (tertiary alicyclic amines) is 1. The van der Waals surface area contributed by atoms with E-state index in [9.17, 15) is 10.1 Å². The maximum absolute atomic E-state index is 11.1. The standard InChI is InChI=1S/C29H26N4O4/c30-14-20-13-18(10-12-26(20)36-22-5-1-2-6-22)28-31-27(32-37-28)25-11-9-19(23-7-3-4-8-24(23)25)15-33-16-21(17-33)29(34)35/h3-4,7-13,21-22H,1-2,5-6,15-17H2,(H,34,35). The van der Waals surface area contributed by atoms with Crippen molar-refractivity contribution in [1.29, 1.82) is 5.26 Å². The van der Waals surface area contributed by atoms with E-state index < -0.39 is 5.97 Å². The lowest BCUT2D eigenvalue weighted by Crippen LogP contribution is -2.49. The number of carbonyl (C=O) groups is 1. The van der Waals surface area contributed by atoms with Crippen LogP contribution in [0.5, 0.6) is 5.75 Å². The van der Waals surface area contributed by atoms with E-state index in [1.807, 2.05) is 42.5 Å². The molecule has 1 saturated carbocycles. The molecule has 2 fully saturated rings. The fourth-order valence-electron chi connectivity index (χ4n) is 5.28. The van der Waals surface area contributed by atoms with Crippen LogP contribution in [0.2, 0.25) is 0 Å². The number of fused-ring (bicyclic) bond motifs is 1. The third kappa shape index (κ3) is 4.54. The van der Waals surface area contributed by atoms with Gasteiger partial charge in [-0.15, -0.1) is 0 Å². The number of rotatable bonds is 7. The molecule has 0 unspecified atom stereocenters. The number of carboxylic acids is 1. The minimum absolute atomic E-state index is 0.170. The van der Waals surface area contributed by atoms with Crippen molar-refractivity contribution in [1.82, 2.24) is 15.0 Å². The molecule has 4 aromatic rings. The third-order valence-corrected chi connectivity index (χ3v) is 7.32. The van der Waals surface area contributed by atoms with E-state index in [1.54, 1.807) is 6.07 Å². The smallest absolute Gasteiger partial charge is 0.309 e. The van der Waals surface area contributed by atoms with Crippen molar-refractivity contribution in [3.63, 3.8) is 0 Å². The van der Waals surface area contributed by atoms with Crippen LogP contribution in [0.3, 0.4) is 0 Å². The lowest BCUT2D eigenvalue weighted by molar-refractivity contribution is -0.147. The van der Waals surface area contributed by atoms with Gasteiger partial charge in [0.25, 0.3) is 5.89 Å². The first-order chi connectivity index (χ1) is 18.1. The van der Waals surface area contributed by atoms with E-state index in [2.05, 4.69) is 27.2 Å². The second-order valence-electron chi connectivity index (χ2n) is 9.82. The molecule has 6 rings (SSSR count). The first-order valence-electron chi connectivity index (χ1n) is 12.6. The first kappa shape index (κ1) is 23.2. The Hall–Kier alpha value is -4.22. The number of nitrogens with zero attached hydrogens (tertiary/aromatic N) is 4. The zero-order valence-corrected chi connectivity index (χ0v) is 20.3. The summed E-state index contributed by atoms with van der Waals surface area (Å²) in [5.41, 5.74) is 3.10. The predicted octanol–water partition coefficient (Wildman–Crippen LogP) is 5.27. The SMILES string of the molecule is N#Cc1cc(-c2nc(-c3ccc(CN4CC(C(=O)O)C4)c4ccccc34)no2)ccc1OC1CCCC1. The fraction of sp³-hybridized carbons (Fsp3) is 0.310. The number of benzene rings is 3. The van der Waals surface area contributed by atoms with E-state index in [1.165, 1.54) is 0 Å². The van der Waals surface area contributed by atoms with Gasteiger partial charge in [-0.1, -0.05) is 41.6 Å². The Morgan fingerprint density at radius 2 is 1.89 bits per heavy atom. The van der Waals surface area contributed by atoms with Gasteiger partial charge in [-0.05, 0) is 60.2 Å². The van der Waals surface area contributed by atoms with Crippen molar-refractivity contribution in [3.8, 4) is 34.7 Å². The monoisotopic (exact) mass is 494 g/mol. The van der Waals surface area contributed by atoms with Crippen LogP contribution < -0.4 is 4.74 Å². The van der Waals surface area contributed by atoms with Gasteiger partial charge in [0.1, 0.15) is 11.8 Å². The normalized spacial score (nSPS) is 16.5. The number of carboxylic acid groups (broad SMARTS) is 1. The van der Waals surface area contributed by atoms with Crippen LogP contribution in [-0.4, -0.2) is 45.3 Å².